The third kappa shape index (κ3) is 11.0. The number of fused-ring (bicyclic) bond motifs is 1. The van der Waals surface area contributed by atoms with Crippen molar-refractivity contribution in [2.24, 2.45) is 5.73 Å². The molecule has 1 saturated heterocycles. The molecule has 3 atom stereocenters. The van der Waals surface area contributed by atoms with E-state index in [1.165, 1.54) is 4.90 Å². The molecule has 0 aliphatic carbocycles. The number of unbranched alkanes of at least 4 members (excludes halogenated alkanes) is 1. The minimum atomic E-state index is -1.02. The summed E-state index contributed by atoms with van der Waals surface area (Å²) in [5, 5.41) is 46.1. The van der Waals surface area contributed by atoms with Crippen molar-refractivity contribution in [3.05, 3.63) is 114 Å². The number of aliphatic carboxylic acids is 2. The molecule has 17 nitrogen and oxygen atoms in total. The second-order valence-corrected chi connectivity index (χ2v) is 14.8. The Morgan fingerprint density at radius 3 is 2.27 bits per heavy atom. The van der Waals surface area contributed by atoms with Crippen molar-refractivity contribution in [2.75, 3.05) is 19.7 Å². The molecule has 17 heteroatoms. The number of aromatic amines is 1. The Hall–Kier alpha value is -6.98. The lowest BCUT2D eigenvalue weighted by Gasteiger charge is -2.29. The minimum absolute atomic E-state index is 0.191. The average Bonchev–Trinajstić information content (AvgIpc) is 4.07. The van der Waals surface area contributed by atoms with E-state index in [2.05, 4.69) is 30.9 Å². The molecule has 1 fully saturated rings. The molecule has 2 aromatic heterocycles. The fourth-order valence-electron chi connectivity index (χ4n) is 7.64. The number of hydrogen-bond acceptors (Lipinski definition) is 11. The van der Waals surface area contributed by atoms with E-state index in [-0.39, 0.29) is 11.5 Å². The number of likely N-dealkylation sites (tertiary alicyclic amines) is 1. The van der Waals surface area contributed by atoms with Gasteiger partial charge in [0.15, 0.2) is 0 Å². The standard InChI is InChI=1S/C24H20N6O3.C21H31N3O5/c1-2-33-24-25-20-9-5-8-19(23(31)32)21(20)30(24)14-15-10-12-16(13-11-15)17-6-3-4-7-18(17)22-26-28-29-27-22;22-13-5-4-9-16(19(25)24-14-6-10-18(24)21(28)29)23-17(20(26)27)12-11-15-7-2-1-3-8-15/h3-13H,2,14H2,1H3,(H,31,32)(H,26,27,28,29);1-3,7-8,16-18,23H,4-6,9-14,22H2,(H,26,27)(H,28,29)/t;16-,17-,18-/m.0/s1. The molecular weight excluding hydrogens is 795 g/mol. The highest BCUT2D eigenvalue weighted by atomic mass is 16.5. The predicted molar refractivity (Wildman–Crippen MR) is 230 cm³/mol. The van der Waals surface area contributed by atoms with E-state index in [0.717, 1.165) is 34.2 Å². The van der Waals surface area contributed by atoms with Crippen molar-refractivity contribution < 1.29 is 39.2 Å². The molecule has 3 heterocycles. The third-order valence-electron chi connectivity index (χ3n) is 10.7. The van der Waals surface area contributed by atoms with Crippen LogP contribution >= 0.6 is 0 Å². The summed E-state index contributed by atoms with van der Waals surface area (Å²) in [6.45, 7) is 3.59. The van der Waals surface area contributed by atoms with Crippen LogP contribution in [-0.2, 0) is 27.3 Å². The zero-order valence-electron chi connectivity index (χ0n) is 34.4. The van der Waals surface area contributed by atoms with Gasteiger partial charge in [-0.1, -0.05) is 91.3 Å². The maximum Gasteiger partial charge on any atom is 0.337 e. The molecule has 6 aromatic rings. The number of para-hydroxylation sites is 1. The number of aromatic carboxylic acids is 1. The van der Waals surface area contributed by atoms with E-state index >= 15 is 0 Å². The van der Waals surface area contributed by atoms with Gasteiger partial charge in [0.1, 0.15) is 12.1 Å². The SMILES string of the molecule is CCOc1nc2cccc(C(=O)O)c2n1Cc1ccc(-c2ccccc2-c2nn[nH]n2)cc1.NCCCC[C@H](N[C@@H](CCc1ccccc1)C(=O)O)C(=O)N1CCC[C@H]1C(=O)O. The summed E-state index contributed by atoms with van der Waals surface area (Å²) in [5.41, 5.74) is 11.7. The van der Waals surface area contributed by atoms with Gasteiger partial charge in [-0.25, -0.2) is 9.59 Å². The van der Waals surface area contributed by atoms with Gasteiger partial charge in [-0.2, -0.15) is 10.2 Å². The molecule has 324 valence electrons. The zero-order chi connectivity index (χ0) is 44.0. The molecule has 0 spiro atoms. The lowest BCUT2D eigenvalue weighted by Crippen LogP contribution is -2.54. The lowest BCUT2D eigenvalue weighted by molar-refractivity contribution is -0.149. The van der Waals surface area contributed by atoms with Crippen LogP contribution in [0.1, 0.15) is 66.9 Å². The number of benzene rings is 4. The Bertz CT molecular complexity index is 2420. The van der Waals surface area contributed by atoms with Crippen LogP contribution in [0.25, 0.3) is 33.5 Å². The molecule has 0 unspecified atom stereocenters. The van der Waals surface area contributed by atoms with Gasteiger partial charge in [-0.3, -0.25) is 19.5 Å². The van der Waals surface area contributed by atoms with Crippen molar-refractivity contribution >= 4 is 34.8 Å². The zero-order valence-corrected chi connectivity index (χ0v) is 34.4. The van der Waals surface area contributed by atoms with E-state index in [9.17, 15) is 34.5 Å². The van der Waals surface area contributed by atoms with Gasteiger partial charge in [0, 0.05) is 12.1 Å². The number of rotatable bonds is 19. The summed E-state index contributed by atoms with van der Waals surface area (Å²) in [6, 6.07) is 28.5. The van der Waals surface area contributed by atoms with Gasteiger partial charge in [0.2, 0.25) is 11.7 Å². The second kappa shape index (κ2) is 21.5. The van der Waals surface area contributed by atoms with E-state index in [1.807, 2.05) is 90.4 Å². The number of carbonyl (C=O) groups excluding carboxylic acids is 1. The molecule has 62 heavy (non-hydrogen) atoms. The first kappa shape index (κ1) is 44.6. The molecule has 0 saturated carbocycles. The van der Waals surface area contributed by atoms with Crippen LogP contribution in [0.5, 0.6) is 6.01 Å². The van der Waals surface area contributed by atoms with Gasteiger partial charge < -0.3 is 30.7 Å². The van der Waals surface area contributed by atoms with Crippen LogP contribution in [0.3, 0.4) is 0 Å². The number of tetrazole rings is 1. The van der Waals surface area contributed by atoms with Crippen LogP contribution < -0.4 is 15.8 Å². The van der Waals surface area contributed by atoms with Gasteiger partial charge in [-0.15, -0.1) is 10.2 Å². The lowest BCUT2D eigenvalue weighted by atomic mass is 9.98. The molecule has 7 N–H and O–H groups in total. The summed E-state index contributed by atoms with van der Waals surface area (Å²) in [5.74, 6) is -2.84. The fourth-order valence-corrected chi connectivity index (χ4v) is 7.64. The number of aromatic nitrogens is 6. The number of imidazole rings is 1. The molecule has 1 aliphatic rings. The van der Waals surface area contributed by atoms with Crippen LogP contribution in [0.15, 0.2) is 97.1 Å². The Morgan fingerprint density at radius 1 is 0.871 bits per heavy atom. The first-order valence-corrected chi connectivity index (χ1v) is 20.6. The van der Waals surface area contributed by atoms with Crippen molar-refractivity contribution in [3.63, 3.8) is 0 Å². The molecule has 1 aliphatic heterocycles. The Labute approximate surface area is 357 Å². The maximum absolute atomic E-state index is 13.1. The molecule has 0 bridgehead atoms. The van der Waals surface area contributed by atoms with Crippen LogP contribution in [0.2, 0.25) is 0 Å². The molecule has 7 rings (SSSR count). The van der Waals surface area contributed by atoms with E-state index < -0.39 is 36.0 Å². The molecule has 4 aromatic carbocycles. The Balaban J connectivity index is 0.000000209. The summed E-state index contributed by atoms with van der Waals surface area (Å²) < 4.78 is 7.53. The van der Waals surface area contributed by atoms with Crippen molar-refractivity contribution in [3.8, 4) is 28.5 Å². The van der Waals surface area contributed by atoms with Gasteiger partial charge >= 0.3 is 17.9 Å². The first-order chi connectivity index (χ1) is 30.1. The summed E-state index contributed by atoms with van der Waals surface area (Å²) in [6.07, 6.45) is 3.76. The quantitative estimate of drug-likeness (QED) is 0.0569. The predicted octanol–water partition coefficient (Wildman–Crippen LogP) is 5.26. The number of carbonyl (C=O) groups is 4. The summed E-state index contributed by atoms with van der Waals surface area (Å²) in [7, 11) is 0. The number of aryl methyl sites for hydroxylation is 1. The smallest absolute Gasteiger partial charge is 0.337 e. The van der Waals surface area contributed by atoms with Gasteiger partial charge in [-0.05, 0) is 91.6 Å². The number of hydrogen-bond donors (Lipinski definition) is 6. The van der Waals surface area contributed by atoms with Crippen molar-refractivity contribution in [1.82, 2.24) is 40.4 Å². The number of carboxylic acids is 3. The third-order valence-corrected chi connectivity index (χ3v) is 10.7. The minimum Gasteiger partial charge on any atom is -0.480 e. The molecule has 1 amide bonds. The normalized spacial score (nSPS) is 14.5. The van der Waals surface area contributed by atoms with Crippen molar-refractivity contribution in [2.45, 2.75) is 76.5 Å². The highest BCUT2D eigenvalue weighted by molar-refractivity contribution is 6.01. The fraction of sp³-hybridized carbons (Fsp3) is 0.333. The van der Waals surface area contributed by atoms with Gasteiger partial charge in [0.25, 0.3) is 6.01 Å². The highest BCUT2D eigenvalue weighted by Gasteiger charge is 2.38. The topological polar surface area (TPSA) is 252 Å². The van der Waals surface area contributed by atoms with Gasteiger partial charge in [0.05, 0.1) is 35.8 Å². The number of amides is 1. The van der Waals surface area contributed by atoms with E-state index in [0.29, 0.717) is 87.6 Å². The first-order valence-electron chi connectivity index (χ1n) is 20.6. The second-order valence-electron chi connectivity index (χ2n) is 14.8. The number of ether oxygens (including phenoxy) is 1. The summed E-state index contributed by atoms with van der Waals surface area (Å²) >= 11 is 0. The summed E-state index contributed by atoms with van der Waals surface area (Å²) in [4.78, 5) is 54.0. The monoisotopic (exact) mass is 845 g/mol. The molecular formula is C45H51N9O8. The largest absolute Gasteiger partial charge is 0.480 e. The van der Waals surface area contributed by atoms with Crippen LogP contribution in [0.4, 0.5) is 0 Å². The molecule has 0 radical (unpaired) electrons. The highest BCUT2D eigenvalue weighted by Crippen LogP contribution is 2.31. The number of nitrogens with one attached hydrogen (secondary N) is 2. The maximum atomic E-state index is 13.1. The number of carboxylic acid groups (broad SMARTS) is 3. The van der Waals surface area contributed by atoms with E-state index in [4.69, 9.17) is 10.5 Å². The van der Waals surface area contributed by atoms with E-state index in [1.54, 1.807) is 18.2 Å². The number of H-pyrrole nitrogens is 1. The van der Waals surface area contributed by atoms with Crippen molar-refractivity contribution in [1.29, 1.82) is 0 Å². The Morgan fingerprint density at radius 2 is 1.61 bits per heavy atom. The number of nitrogens with zero attached hydrogens (tertiary/aromatic N) is 6. The average molecular weight is 846 g/mol. The van der Waals surface area contributed by atoms with Crippen LogP contribution in [0, 0.1) is 0 Å². The van der Waals surface area contributed by atoms with Crippen LogP contribution in [-0.4, -0.2) is 112 Å². The number of nitrogens with two attached hydrogens (primary N) is 1. The Kier molecular flexibility index (Phi) is 15.5.